The molecule has 2 aliphatic heterocycles. The molecule has 2 aliphatic rings. The summed E-state index contributed by atoms with van der Waals surface area (Å²) in [5.41, 5.74) is -1.14. The van der Waals surface area contributed by atoms with E-state index in [2.05, 4.69) is 0 Å². The fourth-order valence-corrected chi connectivity index (χ4v) is 2.86. The second-order valence-electron chi connectivity index (χ2n) is 4.66. The Kier molecular flexibility index (Phi) is 2.99. The molecule has 0 radical (unpaired) electrons. The standard InChI is InChI=1S/C13H7ClN2O6/c14-8-7(11(19)16(8)12(20)13(21)22)15-9(17)5-3-1-2-4-6(5)10(15)18/h1-4,7-8H,(H,21,22)/t7-,8+/m1/s1. The van der Waals surface area contributed by atoms with Gasteiger partial charge in [-0.1, -0.05) is 23.7 Å². The Bertz CT molecular complexity index is 726. The predicted octanol–water partition coefficient (Wildman–Crippen LogP) is -0.330. The Labute approximate surface area is 127 Å². The number of nitrogens with zero attached hydrogens (tertiary/aromatic N) is 2. The van der Waals surface area contributed by atoms with Crippen molar-refractivity contribution in [3.8, 4) is 0 Å². The molecule has 0 bridgehead atoms. The second kappa shape index (κ2) is 4.63. The smallest absolute Gasteiger partial charge is 0.395 e. The van der Waals surface area contributed by atoms with Gasteiger partial charge in [0.05, 0.1) is 11.1 Å². The molecule has 0 aliphatic carbocycles. The number of hydrogen-bond acceptors (Lipinski definition) is 5. The minimum absolute atomic E-state index is 0.132. The van der Waals surface area contributed by atoms with Crippen LogP contribution < -0.4 is 0 Å². The number of hydrogen-bond donors (Lipinski definition) is 1. The number of halogens is 1. The van der Waals surface area contributed by atoms with Gasteiger partial charge in [0, 0.05) is 0 Å². The van der Waals surface area contributed by atoms with Crippen LogP contribution in [0.5, 0.6) is 0 Å². The van der Waals surface area contributed by atoms with E-state index >= 15 is 0 Å². The molecule has 8 nitrogen and oxygen atoms in total. The van der Waals surface area contributed by atoms with Crippen LogP contribution in [0.3, 0.4) is 0 Å². The first kappa shape index (κ1) is 14.2. The highest BCUT2D eigenvalue weighted by Gasteiger charge is 2.58. The zero-order valence-corrected chi connectivity index (χ0v) is 11.5. The van der Waals surface area contributed by atoms with Crippen molar-refractivity contribution in [1.29, 1.82) is 0 Å². The van der Waals surface area contributed by atoms with Gasteiger partial charge in [0.25, 0.3) is 17.7 Å². The monoisotopic (exact) mass is 322 g/mol. The maximum atomic E-state index is 12.2. The van der Waals surface area contributed by atoms with Crippen LogP contribution in [0.4, 0.5) is 0 Å². The van der Waals surface area contributed by atoms with Gasteiger partial charge in [-0.05, 0) is 12.1 Å². The van der Waals surface area contributed by atoms with Crippen molar-refractivity contribution in [3.63, 3.8) is 0 Å². The summed E-state index contributed by atoms with van der Waals surface area (Å²) in [5.74, 6) is -5.75. The fraction of sp³-hybridized carbons (Fsp3) is 0.154. The van der Waals surface area contributed by atoms with E-state index in [1.165, 1.54) is 12.1 Å². The highest BCUT2D eigenvalue weighted by Crippen LogP contribution is 2.34. The minimum Gasteiger partial charge on any atom is -0.474 e. The summed E-state index contributed by atoms with van der Waals surface area (Å²) < 4.78 is 0. The van der Waals surface area contributed by atoms with Gasteiger partial charge in [-0.2, -0.15) is 0 Å². The van der Waals surface area contributed by atoms with Gasteiger partial charge in [0.1, 0.15) is 5.50 Å². The van der Waals surface area contributed by atoms with Crippen molar-refractivity contribution in [2.75, 3.05) is 0 Å². The second-order valence-corrected chi connectivity index (χ2v) is 5.11. The number of fused-ring (bicyclic) bond motifs is 1. The zero-order chi connectivity index (χ0) is 16.2. The van der Waals surface area contributed by atoms with E-state index in [1.54, 1.807) is 12.1 Å². The molecule has 0 saturated carbocycles. The van der Waals surface area contributed by atoms with Gasteiger partial charge >= 0.3 is 11.9 Å². The van der Waals surface area contributed by atoms with Gasteiger partial charge in [0.15, 0.2) is 6.04 Å². The number of carboxylic acids is 1. The van der Waals surface area contributed by atoms with E-state index in [0.29, 0.717) is 9.80 Å². The Balaban J connectivity index is 1.91. The SMILES string of the molecule is O=C(O)C(=O)N1C(=O)[C@H](N2C(=O)c3ccccc3C2=O)[C@H]1Cl. The summed E-state index contributed by atoms with van der Waals surface area (Å²) in [6.45, 7) is 0. The van der Waals surface area contributed by atoms with Gasteiger partial charge in [-0.25, -0.2) is 4.79 Å². The van der Waals surface area contributed by atoms with E-state index in [-0.39, 0.29) is 11.1 Å². The molecule has 0 aromatic heterocycles. The first-order valence-corrected chi connectivity index (χ1v) is 6.51. The summed E-state index contributed by atoms with van der Waals surface area (Å²) in [4.78, 5) is 59.3. The van der Waals surface area contributed by atoms with E-state index in [1.807, 2.05) is 0 Å². The van der Waals surface area contributed by atoms with Crippen LogP contribution in [-0.4, -0.2) is 56.0 Å². The lowest BCUT2D eigenvalue weighted by molar-refractivity contribution is -0.169. The molecule has 2 heterocycles. The van der Waals surface area contributed by atoms with Crippen LogP contribution in [0.25, 0.3) is 0 Å². The van der Waals surface area contributed by atoms with E-state index < -0.39 is 41.1 Å². The molecule has 2 atom stereocenters. The number of carboxylic acid groups (broad SMARTS) is 1. The quantitative estimate of drug-likeness (QED) is 0.249. The predicted molar refractivity (Wildman–Crippen MR) is 69.9 cm³/mol. The first-order chi connectivity index (χ1) is 10.4. The van der Waals surface area contributed by atoms with Crippen molar-refractivity contribution in [2.45, 2.75) is 11.5 Å². The number of imide groups is 2. The number of rotatable bonds is 1. The normalized spacial score (nSPS) is 23.4. The average molecular weight is 323 g/mol. The van der Waals surface area contributed by atoms with Gasteiger partial charge < -0.3 is 5.11 Å². The fourth-order valence-electron chi connectivity index (χ4n) is 2.45. The molecule has 0 unspecified atom stereocenters. The molecule has 22 heavy (non-hydrogen) atoms. The maximum absolute atomic E-state index is 12.2. The maximum Gasteiger partial charge on any atom is 0.395 e. The first-order valence-electron chi connectivity index (χ1n) is 6.07. The van der Waals surface area contributed by atoms with E-state index in [0.717, 1.165) is 0 Å². The molecule has 3 rings (SSSR count). The van der Waals surface area contributed by atoms with Crippen LogP contribution in [0.2, 0.25) is 0 Å². The third-order valence-electron chi connectivity index (χ3n) is 3.50. The number of amides is 4. The van der Waals surface area contributed by atoms with Crippen LogP contribution in [-0.2, 0) is 14.4 Å². The average Bonchev–Trinajstić information content (AvgIpc) is 2.73. The Morgan fingerprint density at radius 1 is 1.05 bits per heavy atom. The number of carbonyl (C=O) groups excluding carboxylic acids is 4. The molecule has 112 valence electrons. The third-order valence-corrected chi connectivity index (χ3v) is 3.94. The molecular weight excluding hydrogens is 316 g/mol. The molecule has 4 amide bonds. The van der Waals surface area contributed by atoms with Gasteiger partial charge in [0.2, 0.25) is 0 Å². The molecule has 1 aromatic rings. The summed E-state index contributed by atoms with van der Waals surface area (Å²) in [6.07, 6.45) is 0. The van der Waals surface area contributed by atoms with Crippen molar-refractivity contribution in [2.24, 2.45) is 0 Å². The highest BCUT2D eigenvalue weighted by molar-refractivity contribution is 6.41. The number of carbonyl (C=O) groups is 5. The van der Waals surface area contributed by atoms with Crippen LogP contribution in [0, 0.1) is 0 Å². The van der Waals surface area contributed by atoms with Crippen molar-refractivity contribution in [3.05, 3.63) is 35.4 Å². The van der Waals surface area contributed by atoms with E-state index in [4.69, 9.17) is 16.7 Å². The van der Waals surface area contributed by atoms with Crippen LogP contribution >= 0.6 is 11.6 Å². The molecule has 0 spiro atoms. The van der Waals surface area contributed by atoms with Crippen molar-refractivity contribution in [1.82, 2.24) is 9.80 Å². The highest BCUT2D eigenvalue weighted by atomic mass is 35.5. The Hall–Kier alpha value is -2.74. The number of alkyl halides is 1. The van der Waals surface area contributed by atoms with Crippen molar-refractivity contribution >= 4 is 41.2 Å². The number of likely N-dealkylation sites (tertiary alicyclic amines) is 1. The minimum atomic E-state index is -1.85. The summed E-state index contributed by atoms with van der Waals surface area (Å²) >= 11 is 5.84. The molecule has 9 heteroatoms. The summed E-state index contributed by atoms with van der Waals surface area (Å²) in [6, 6.07) is 4.60. The lowest BCUT2D eigenvalue weighted by atomic mass is 10.1. The Morgan fingerprint density at radius 2 is 1.55 bits per heavy atom. The number of β-lactam (4-membered cyclic amide) rings is 1. The zero-order valence-electron chi connectivity index (χ0n) is 10.7. The lowest BCUT2D eigenvalue weighted by Gasteiger charge is -2.43. The number of aliphatic carboxylic acids is 1. The van der Waals surface area contributed by atoms with E-state index in [9.17, 15) is 24.0 Å². The van der Waals surface area contributed by atoms with Crippen molar-refractivity contribution < 1.29 is 29.1 Å². The Morgan fingerprint density at radius 3 is 1.95 bits per heavy atom. The summed E-state index contributed by atoms with van der Waals surface area (Å²) in [7, 11) is 0. The summed E-state index contributed by atoms with van der Waals surface area (Å²) in [5, 5.41) is 8.60. The topological polar surface area (TPSA) is 112 Å². The van der Waals surface area contributed by atoms with Gasteiger partial charge in [-0.3, -0.25) is 29.0 Å². The van der Waals surface area contributed by atoms with Gasteiger partial charge in [-0.15, -0.1) is 0 Å². The lowest BCUT2D eigenvalue weighted by Crippen LogP contribution is -2.71. The molecule has 1 aromatic carbocycles. The molecule has 1 saturated heterocycles. The van der Waals surface area contributed by atoms with Crippen LogP contribution in [0.15, 0.2) is 24.3 Å². The molecule has 1 fully saturated rings. The number of benzene rings is 1. The molecular formula is C13H7ClN2O6. The van der Waals surface area contributed by atoms with Crippen LogP contribution in [0.1, 0.15) is 20.7 Å². The molecule has 1 N–H and O–H groups in total. The largest absolute Gasteiger partial charge is 0.474 e. The third kappa shape index (κ3) is 1.67.